The summed E-state index contributed by atoms with van der Waals surface area (Å²) in [6.45, 7) is 1.49. The summed E-state index contributed by atoms with van der Waals surface area (Å²) in [5.74, 6) is 0.914. The van der Waals surface area contributed by atoms with Gasteiger partial charge in [-0.05, 0) is 31.2 Å². The van der Waals surface area contributed by atoms with Gasteiger partial charge in [0.25, 0.3) is 0 Å². The molecule has 2 rings (SSSR count). The van der Waals surface area contributed by atoms with Crippen molar-refractivity contribution in [2.75, 3.05) is 0 Å². The molecule has 4 heteroatoms. The highest BCUT2D eigenvalue weighted by atomic mass is 35.5. The van der Waals surface area contributed by atoms with Crippen molar-refractivity contribution in [1.82, 2.24) is 4.98 Å². The quantitative estimate of drug-likeness (QED) is 0.776. The summed E-state index contributed by atoms with van der Waals surface area (Å²) in [7, 11) is 0. The van der Waals surface area contributed by atoms with Crippen LogP contribution in [0.5, 0.6) is 11.6 Å². The Balaban J connectivity index is 2.26. The van der Waals surface area contributed by atoms with E-state index < -0.39 is 0 Å². The van der Waals surface area contributed by atoms with Crippen molar-refractivity contribution in [2.45, 2.75) is 6.92 Å². The molecule has 0 spiro atoms. The molecule has 0 amide bonds. The lowest BCUT2D eigenvalue weighted by atomic mass is 10.1. The van der Waals surface area contributed by atoms with E-state index in [4.69, 9.17) is 16.3 Å². The Bertz CT molecular complexity index is 540. The second-order valence-electron chi connectivity index (χ2n) is 3.47. The van der Waals surface area contributed by atoms with Gasteiger partial charge in [0, 0.05) is 17.8 Å². The Morgan fingerprint density at radius 2 is 2.12 bits per heavy atom. The number of pyridine rings is 1. The zero-order valence-corrected chi connectivity index (χ0v) is 9.94. The molecular weight excluding hydrogens is 238 g/mol. The van der Waals surface area contributed by atoms with Crippen LogP contribution < -0.4 is 4.74 Å². The van der Waals surface area contributed by atoms with Gasteiger partial charge in [0.2, 0.25) is 5.88 Å². The SMILES string of the molecule is CC(=O)c1ccc(Oc2ccccn2)c(Cl)c1. The molecule has 0 saturated heterocycles. The van der Waals surface area contributed by atoms with Gasteiger partial charge >= 0.3 is 0 Å². The van der Waals surface area contributed by atoms with Gasteiger partial charge in [0.15, 0.2) is 5.78 Å². The van der Waals surface area contributed by atoms with Crippen LogP contribution in [0.15, 0.2) is 42.6 Å². The monoisotopic (exact) mass is 247 g/mol. The van der Waals surface area contributed by atoms with Gasteiger partial charge in [-0.3, -0.25) is 4.79 Å². The van der Waals surface area contributed by atoms with Crippen molar-refractivity contribution < 1.29 is 9.53 Å². The van der Waals surface area contributed by atoms with Crippen LogP contribution in [-0.2, 0) is 0 Å². The first-order valence-corrected chi connectivity index (χ1v) is 5.44. The number of ether oxygens (including phenoxy) is 1. The Morgan fingerprint density at radius 3 is 2.71 bits per heavy atom. The fourth-order valence-electron chi connectivity index (χ4n) is 1.32. The number of carbonyl (C=O) groups is 1. The topological polar surface area (TPSA) is 39.2 Å². The molecule has 0 saturated carbocycles. The molecule has 0 radical (unpaired) electrons. The highest BCUT2D eigenvalue weighted by Crippen LogP contribution is 2.29. The summed E-state index contributed by atoms with van der Waals surface area (Å²) in [6.07, 6.45) is 1.63. The van der Waals surface area contributed by atoms with Crippen LogP contribution in [0.1, 0.15) is 17.3 Å². The van der Waals surface area contributed by atoms with E-state index in [1.54, 1.807) is 36.5 Å². The fraction of sp³-hybridized carbons (Fsp3) is 0.0769. The fourth-order valence-corrected chi connectivity index (χ4v) is 1.54. The van der Waals surface area contributed by atoms with E-state index in [0.29, 0.717) is 22.2 Å². The van der Waals surface area contributed by atoms with Crippen molar-refractivity contribution in [2.24, 2.45) is 0 Å². The molecule has 3 nitrogen and oxygen atoms in total. The van der Waals surface area contributed by atoms with Crippen molar-refractivity contribution in [3.8, 4) is 11.6 Å². The smallest absolute Gasteiger partial charge is 0.219 e. The minimum absolute atomic E-state index is 0.0312. The Hall–Kier alpha value is -1.87. The molecular formula is C13H10ClNO2. The normalized spacial score (nSPS) is 10.0. The maximum atomic E-state index is 11.2. The van der Waals surface area contributed by atoms with Crippen LogP contribution in [0.25, 0.3) is 0 Å². The predicted molar refractivity (Wildman–Crippen MR) is 65.8 cm³/mol. The lowest BCUT2D eigenvalue weighted by Gasteiger charge is -2.07. The third kappa shape index (κ3) is 2.82. The van der Waals surface area contributed by atoms with E-state index >= 15 is 0 Å². The average molecular weight is 248 g/mol. The summed E-state index contributed by atoms with van der Waals surface area (Å²) in [5.41, 5.74) is 0.559. The Kier molecular flexibility index (Phi) is 3.40. The molecule has 2 aromatic rings. The number of rotatable bonds is 3. The van der Waals surface area contributed by atoms with Crippen LogP contribution in [0.2, 0.25) is 5.02 Å². The molecule has 17 heavy (non-hydrogen) atoms. The van der Waals surface area contributed by atoms with Gasteiger partial charge in [-0.2, -0.15) is 0 Å². The van der Waals surface area contributed by atoms with Gasteiger partial charge in [0.1, 0.15) is 5.75 Å². The van der Waals surface area contributed by atoms with Gasteiger partial charge in [0.05, 0.1) is 5.02 Å². The number of nitrogens with zero attached hydrogens (tertiary/aromatic N) is 1. The molecule has 0 unspecified atom stereocenters. The van der Waals surface area contributed by atoms with Crippen LogP contribution in [0.3, 0.4) is 0 Å². The number of halogens is 1. The van der Waals surface area contributed by atoms with Crippen molar-refractivity contribution in [3.05, 3.63) is 53.2 Å². The minimum atomic E-state index is -0.0312. The molecule has 86 valence electrons. The van der Waals surface area contributed by atoms with Crippen molar-refractivity contribution >= 4 is 17.4 Å². The summed E-state index contributed by atoms with van der Waals surface area (Å²) >= 11 is 6.02. The predicted octanol–water partition coefficient (Wildman–Crippen LogP) is 3.73. The van der Waals surface area contributed by atoms with E-state index in [9.17, 15) is 4.79 Å². The first-order chi connectivity index (χ1) is 8.16. The number of aromatic nitrogens is 1. The average Bonchev–Trinajstić information content (AvgIpc) is 2.33. The van der Waals surface area contributed by atoms with E-state index in [0.717, 1.165) is 0 Å². The molecule has 0 fully saturated rings. The van der Waals surface area contributed by atoms with Gasteiger partial charge in [-0.25, -0.2) is 4.98 Å². The second-order valence-corrected chi connectivity index (χ2v) is 3.88. The van der Waals surface area contributed by atoms with Gasteiger partial charge < -0.3 is 4.74 Å². The zero-order chi connectivity index (χ0) is 12.3. The van der Waals surface area contributed by atoms with E-state index in [1.165, 1.54) is 6.92 Å². The maximum Gasteiger partial charge on any atom is 0.219 e. The number of ketones is 1. The highest BCUT2D eigenvalue weighted by molar-refractivity contribution is 6.32. The van der Waals surface area contributed by atoms with Crippen LogP contribution in [0, 0.1) is 0 Å². The third-order valence-electron chi connectivity index (χ3n) is 2.19. The lowest BCUT2D eigenvalue weighted by Crippen LogP contribution is -1.93. The summed E-state index contributed by atoms with van der Waals surface area (Å²) in [4.78, 5) is 15.2. The van der Waals surface area contributed by atoms with Crippen LogP contribution >= 0.6 is 11.6 Å². The molecule has 0 N–H and O–H groups in total. The summed E-state index contributed by atoms with van der Waals surface area (Å²) < 4.78 is 5.49. The van der Waals surface area contributed by atoms with E-state index in [1.807, 2.05) is 6.07 Å². The first-order valence-electron chi connectivity index (χ1n) is 5.06. The summed E-state index contributed by atoms with van der Waals surface area (Å²) in [5, 5.41) is 0.392. The lowest BCUT2D eigenvalue weighted by molar-refractivity contribution is 0.101. The van der Waals surface area contributed by atoms with Gasteiger partial charge in [-0.15, -0.1) is 0 Å². The largest absolute Gasteiger partial charge is 0.437 e. The maximum absolute atomic E-state index is 11.2. The summed E-state index contributed by atoms with van der Waals surface area (Å²) in [6, 6.07) is 10.3. The first kappa shape index (κ1) is 11.6. The van der Waals surface area contributed by atoms with Crippen molar-refractivity contribution in [1.29, 1.82) is 0 Å². The number of benzene rings is 1. The Labute approximate surface area is 104 Å². The number of hydrogen-bond donors (Lipinski definition) is 0. The molecule has 1 aromatic carbocycles. The third-order valence-corrected chi connectivity index (χ3v) is 2.49. The standard InChI is InChI=1S/C13H10ClNO2/c1-9(16)10-5-6-12(11(14)8-10)17-13-4-2-3-7-15-13/h2-8H,1H3. The number of Topliss-reactive ketones (excluding diaryl/α,β-unsaturated/α-hetero) is 1. The Morgan fingerprint density at radius 1 is 1.29 bits per heavy atom. The molecule has 0 atom stereocenters. The van der Waals surface area contributed by atoms with Crippen LogP contribution in [-0.4, -0.2) is 10.8 Å². The molecule has 1 heterocycles. The molecule has 0 aliphatic carbocycles. The molecule has 0 bridgehead atoms. The van der Waals surface area contributed by atoms with Crippen LogP contribution in [0.4, 0.5) is 0 Å². The number of hydrogen-bond acceptors (Lipinski definition) is 3. The van der Waals surface area contributed by atoms with E-state index in [-0.39, 0.29) is 5.78 Å². The molecule has 0 aliphatic rings. The number of carbonyl (C=O) groups excluding carboxylic acids is 1. The minimum Gasteiger partial charge on any atom is -0.437 e. The highest BCUT2D eigenvalue weighted by Gasteiger charge is 2.07. The zero-order valence-electron chi connectivity index (χ0n) is 9.18. The van der Waals surface area contributed by atoms with E-state index in [2.05, 4.69) is 4.98 Å². The molecule has 0 aliphatic heterocycles. The molecule has 1 aromatic heterocycles. The van der Waals surface area contributed by atoms with Gasteiger partial charge in [-0.1, -0.05) is 17.7 Å². The second kappa shape index (κ2) is 4.97. The van der Waals surface area contributed by atoms with Crippen molar-refractivity contribution in [3.63, 3.8) is 0 Å².